The van der Waals surface area contributed by atoms with Crippen LogP contribution in [0.4, 0.5) is 0 Å². The highest BCUT2D eigenvalue weighted by molar-refractivity contribution is 9.09. The number of hydrogen-bond donors (Lipinski definition) is 0. The van der Waals surface area contributed by atoms with Gasteiger partial charge in [-0.05, 0) is 30.6 Å². The normalized spacial score (nSPS) is 29.4. The first kappa shape index (κ1) is 19.2. The van der Waals surface area contributed by atoms with Crippen LogP contribution in [0.25, 0.3) is 0 Å². The van der Waals surface area contributed by atoms with Crippen molar-refractivity contribution in [3.63, 3.8) is 0 Å². The standard InChI is InChI=1S/C19H35BrO/c1-15(2)17-11-9-7-5-6-8-10-12-19(13-17,16(3)4)18(21)14-20/h15-17H,5-14H2,1-4H3. The number of Topliss-reactive ketones (excluding diaryl/α,β-unsaturated/α-hetero) is 1. The molecule has 0 spiro atoms. The van der Waals surface area contributed by atoms with Crippen molar-refractivity contribution in [1.29, 1.82) is 0 Å². The molecule has 1 rings (SSSR count). The third kappa shape index (κ3) is 5.37. The fraction of sp³-hybridized carbons (Fsp3) is 0.947. The Labute approximate surface area is 140 Å². The third-order valence-corrected chi connectivity index (χ3v) is 6.31. The molecule has 0 aromatic carbocycles. The Bertz CT molecular complexity index is 311. The molecule has 1 nitrogen and oxygen atoms in total. The third-order valence-electron chi connectivity index (χ3n) is 5.80. The van der Waals surface area contributed by atoms with E-state index >= 15 is 0 Å². The maximum absolute atomic E-state index is 12.8. The molecule has 0 heterocycles. The van der Waals surface area contributed by atoms with Crippen molar-refractivity contribution in [2.75, 3.05) is 5.33 Å². The first-order valence-corrected chi connectivity index (χ1v) is 10.2. The summed E-state index contributed by atoms with van der Waals surface area (Å²) in [5.41, 5.74) is -0.0945. The number of carbonyl (C=O) groups excluding carboxylic acids is 1. The van der Waals surface area contributed by atoms with E-state index < -0.39 is 0 Å². The zero-order chi connectivity index (χ0) is 15.9. The molecule has 1 aliphatic rings. The van der Waals surface area contributed by atoms with Gasteiger partial charge in [0.2, 0.25) is 0 Å². The Kier molecular flexibility index (Phi) is 8.52. The zero-order valence-electron chi connectivity index (χ0n) is 14.6. The summed E-state index contributed by atoms with van der Waals surface area (Å²) in [6, 6.07) is 0. The summed E-state index contributed by atoms with van der Waals surface area (Å²) in [5, 5.41) is 0.524. The average Bonchev–Trinajstić information content (AvgIpc) is 2.49. The lowest BCUT2D eigenvalue weighted by atomic mass is 9.63. The molecule has 0 radical (unpaired) electrons. The average molecular weight is 359 g/mol. The number of halogens is 1. The van der Waals surface area contributed by atoms with Gasteiger partial charge >= 0.3 is 0 Å². The number of ketones is 1. The second-order valence-corrected chi connectivity index (χ2v) is 8.30. The van der Waals surface area contributed by atoms with Crippen LogP contribution in [0, 0.1) is 23.2 Å². The van der Waals surface area contributed by atoms with Crippen molar-refractivity contribution >= 4 is 21.7 Å². The van der Waals surface area contributed by atoms with Crippen molar-refractivity contribution < 1.29 is 4.79 Å². The highest BCUT2D eigenvalue weighted by atomic mass is 79.9. The van der Waals surface area contributed by atoms with E-state index in [1.807, 2.05) is 0 Å². The van der Waals surface area contributed by atoms with Gasteiger partial charge in [0.05, 0.1) is 5.33 Å². The highest BCUT2D eigenvalue weighted by Gasteiger charge is 2.41. The molecule has 21 heavy (non-hydrogen) atoms. The molecule has 2 unspecified atom stereocenters. The topological polar surface area (TPSA) is 17.1 Å². The van der Waals surface area contributed by atoms with Gasteiger partial charge in [0.25, 0.3) is 0 Å². The van der Waals surface area contributed by atoms with Gasteiger partial charge in [-0.25, -0.2) is 0 Å². The van der Waals surface area contributed by atoms with Gasteiger partial charge in [-0.2, -0.15) is 0 Å². The SMILES string of the molecule is CC(C)C1CCCCCCCCC(C(=O)CBr)(C(C)C)C1. The maximum Gasteiger partial charge on any atom is 0.149 e. The van der Waals surface area contributed by atoms with Crippen LogP contribution in [0.3, 0.4) is 0 Å². The van der Waals surface area contributed by atoms with E-state index in [9.17, 15) is 4.79 Å². The Morgan fingerprint density at radius 3 is 2.14 bits per heavy atom. The minimum Gasteiger partial charge on any atom is -0.298 e. The highest BCUT2D eigenvalue weighted by Crippen LogP contribution is 2.44. The number of alkyl halides is 1. The van der Waals surface area contributed by atoms with E-state index in [1.54, 1.807) is 0 Å². The van der Waals surface area contributed by atoms with E-state index in [0.717, 1.165) is 12.8 Å². The second-order valence-electron chi connectivity index (χ2n) is 7.74. The van der Waals surface area contributed by atoms with Crippen molar-refractivity contribution in [2.45, 2.75) is 85.5 Å². The smallest absolute Gasteiger partial charge is 0.149 e. The first-order chi connectivity index (χ1) is 9.94. The Morgan fingerprint density at radius 1 is 1.05 bits per heavy atom. The molecule has 0 aromatic rings. The predicted octanol–water partition coefficient (Wildman–Crippen LogP) is 6.39. The van der Waals surface area contributed by atoms with Crippen molar-refractivity contribution in [3.05, 3.63) is 0 Å². The summed E-state index contributed by atoms with van der Waals surface area (Å²) < 4.78 is 0. The lowest BCUT2D eigenvalue weighted by Crippen LogP contribution is -2.40. The van der Waals surface area contributed by atoms with Crippen molar-refractivity contribution in [3.8, 4) is 0 Å². The molecule has 0 N–H and O–H groups in total. The Hall–Kier alpha value is 0.150. The molecule has 2 atom stereocenters. The first-order valence-electron chi connectivity index (χ1n) is 9.03. The molecule has 0 bridgehead atoms. The molecule has 1 saturated carbocycles. The second kappa shape index (κ2) is 9.33. The summed E-state index contributed by atoms with van der Waals surface area (Å²) in [6.45, 7) is 9.21. The Balaban J connectivity index is 3.02. The van der Waals surface area contributed by atoms with E-state index in [1.165, 1.54) is 44.9 Å². The van der Waals surface area contributed by atoms with Gasteiger partial charge in [-0.1, -0.05) is 88.6 Å². The van der Waals surface area contributed by atoms with Gasteiger partial charge in [0, 0.05) is 5.41 Å². The minimum atomic E-state index is -0.0945. The quantitative estimate of drug-likeness (QED) is 0.532. The van der Waals surface area contributed by atoms with Crippen LogP contribution in [-0.2, 0) is 4.79 Å². The Morgan fingerprint density at radius 2 is 1.62 bits per heavy atom. The van der Waals surface area contributed by atoms with E-state index in [4.69, 9.17) is 0 Å². The molecule has 1 aliphatic carbocycles. The molecule has 0 amide bonds. The molecule has 0 aliphatic heterocycles. The van der Waals surface area contributed by atoms with E-state index in [0.29, 0.717) is 28.9 Å². The molecule has 2 heteroatoms. The van der Waals surface area contributed by atoms with Crippen molar-refractivity contribution in [2.24, 2.45) is 23.2 Å². The fourth-order valence-electron chi connectivity index (χ4n) is 4.03. The summed E-state index contributed by atoms with van der Waals surface area (Å²) in [6.07, 6.45) is 11.5. The van der Waals surface area contributed by atoms with Gasteiger partial charge < -0.3 is 0 Å². The summed E-state index contributed by atoms with van der Waals surface area (Å²) in [7, 11) is 0. The van der Waals surface area contributed by atoms with Crippen LogP contribution in [-0.4, -0.2) is 11.1 Å². The minimum absolute atomic E-state index is 0.0945. The lowest BCUT2D eigenvalue weighted by Gasteiger charge is -2.40. The van der Waals surface area contributed by atoms with Gasteiger partial charge in [-0.3, -0.25) is 4.79 Å². The van der Waals surface area contributed by atoms with Gasteiger partial charge in [0.1, 0.15) is 5.78 Å². The van der Waals surface area contributed by atoms with Crippen LogP contribution in [0.2, 0.25) is 0 Å². The largest absolute Gasteiger partial charge is 0.298 e. The van der Waals surface area contributed by atoms with Gasteiger partial charge in [0.15, 0.2) is 0 Å². The molecular formula is C19H35BrO. The summed E-state index contributed by atoms with van der Waals surface area (Å²) in [4.78, 5) is 12.8. The fourth-order valence-corrected chi connectivity index (χ4v) is 4.59. The molecule has 0 saturated heterocycles. The number of hydrogen-bond acceptors (Lipinski definition) is 1. The van der Waals surface area contributed by atoms with Crippen LogP contribution < -0.4 is 0 Å². The molecule has 0 aromatic heterocycles. The number of carbonyl (C=O) groups is 1. The van der Waals surface area contributed by atoms with Crippen molar-refractivity contribution in [1.82, 2.24) is 0 Å². The lowest BCUT2D eigenvalue weighted by molar-refractivity contribution is -0.131. The van der Waals surface area contributed by atoms with E-state index in [2.05, 4.69) is 43.6 Å². The van der Waals surface area contributed by atoms with E-state index in [-0.39, 0.29) is 5.41 Å². The number of rotatable bonds is 4. The molecule has 124 valence electrons. The predicted molar refractivity (Wildman–Crippen MR) is 96.0 cm³/mol. The van der Waals surface area contributed by atoms with Crippen LogP contribution in [0.15, 0.2) is 0 Å². The summed E-state index contributed by atoms with van der Waals surface area (Å²) >= 11 is 3.46. The van der Waals surface area contributed by atoms with Crippen LogP contribution in [0.1, 0.15) is 85.5 Å². The molecular weight excluding hydrogens is 324 g/mol. The van der Waals surface area contributed by atoms with Gasteiger partial charge in [-0.15, -0.1) is 0 Å². The molecule has 1 fully saturated rings. The monoisotopic (exact) mass is 358 g/mol. The summed E-state index contributed by atoms with van der Waals surface area (Å²) in [5.74, 6) is 2.28. The maximum atomic E-state index is 12.8. The van der Waals surface area contributed by atoms with Crippen LogP contribution in [0.5, 0.6) is 0 Å². The zero-order valence-corrected chi connectivity index (χ0v) is 16.2. The van der Waals surface area contributed by atoms with Crippen LogP contribution >= 0.6 is 15.9 Å².